The van der Waals surface area contributed by atoms with Gasteiger partial charge in [0.1, 0.15) is 0 Å². The molecule has 2 aromatic carbocycles. The molecule has 0 N–H and O–H groups in total. The fraction of sp³-hybridized carbons (Fsp3) is 0.400. The molecule has 1 saturated carbocycles. The average Bonchev–Trinajstić information content (AvgIpc) is 3.31. The second-order valence-corrected chi connectivity index (χ2v) is 7.13. The van der Waals surface area contributed by atoms with Crippen molar-refractivity contribution in [2.75, 3.05) is 6.54 Å². The van der Waals surface area contributed by atoms with E-state index < -0.39 is 0 Å². The Morgan fingerprint density at radius 1 is 1.00 bits per heavy atom. The lowest BCUT2D eigenvalue weighted by Gasteiger charge is -2.44. The van der Waals surface area contributed by atoms with Gasteiger partial charge in [-0.25, -0.2) is 0 Å². The van der Waals surface area contributed by atoms with Crippen molar-refractivity contribution in [2.24, 2.45) is 5.92 Å². The first kappa shape index (κ1) is 12.0. The zero-order valence-corrected chi connectivity index (χ0v) is 12.5. The Morgan fingerprint density at radius 3 is 2.52 bits per heavy atom. The van der Waals surface area contributed by atoms with E-state index in [1.165, 1.54) is 31.4 Å². The van der Waals surface area contributed by atoms with Crippen LogP contribution in [-0.4, -0.2) is 11.4 Å². The number of rotatable bonds is 2. The first-order valence-electron chi connectivity index (χ1n) is 8.23. The van der Waals surface area contributed by atoms with Crippen LogP contribution in [0.2, 0.25) is 0 Å². The Labute approximate surface area is 126 Å². The van der Waals surface area contributed by atoms with Crippen LogP contribution < -0.4 is 0 Å². The molecule has 1 fully saturated rings. The van der Waals surface area contributed by atoms with Crippen LogP contribution in [0.1, 0.15) is 48.1 Å². The highest BCUT2D eigenvalue weighted by atomic mass is 15.3. The molecule has 2 aromatic rings. The largest absolute Gasteiger partial charge is 0.282 e. The quantitative estimate of drug-likeness (QED) is 0.791. The van der Waals surface area contributed by atoms with E-state index in [1.807, 2.05) is 0 Å². The smallest absolute Gasteiger partial charge is 0.0698 e. The highest BCUT2D eigenvalue weighted by molar-refractivity contribution is 5.54. The maximum absolute atomic E-state index is 2.80. The number of nitrogens with zero attached hydrogens (tertiary/aromatic N) is 1. The van der Waals surface area contributed by atoms with Crippen molar-refractivity contribution < 1.29 is 0 Å². The third kappa shape index (κ3) is 1.50. The first-order valence-corrected chi connectivity index (χ1v) is 8.23. The molecule has 0 aromatic heterocycles. The Bertz CT molecular complexity index is 702. The minimum absolute atomic E-state index is 0.0820. The Hall–Kier alpha value is -1.60. The van der Waals surface area contributed by atoms with Gasteiger partial charge in [-0.15, -0.1) is 0 Å². The summed E-state index contributed by atoms with van der Waals surface area (Å²) in [5.41, 5.74) is 6.27. The lowest BCUT2D eigenvalue weighted by atomic mass is 9.80. The van der Waals surface area contributed by atoms with Crippen LogP contribution in [-0.2, 0) is 12.0 Å². The van der Waals surface area contributed by atoms with Gasteiger partial charge in [-0.3, -0.25) is 4.90 Å². The molecule has 5 rings (SSSR count). The van der Waals surface area contributed by atoms with Crippen molar-refractivity contribution in [3.63, 3.8) is 0 Å². The standard InChI is InChI=1S/C20H21N/c1-20-17-8-4-2-6-15(17)12-19(21(20)13-14-10-11-14)16-7-3-5-9-18(16)20/h2-9,14,19H,10-13H2,1H3/t19-,20+/m1/s1. The number of benzene rings is 2. The Morgan fingerprint density at radius 2 is 1.71 bits per heavy atom. The van der Waals surface area contributed by atoms with E-state index in [2.05, 4.69) is 60.4 Å². The molecule has 106 valence electrons. The predicted octanol–water partition coefficient (Wildman–Crippen LogP) is 4.27. The number of hydrogen-bond acceptors (Lipinski definition) is 1. The van der Waals surface area contributed by atoms with Gasteiger partial charge in [0.2, 0.25) is 0 Å². The second kappa shape index (κ2) is 3.98. The molecular formula is C20H21N. The van der Waals surface area contributed by atoms with Gasteiger partial charge in [0, 0.05) is 12.6 Å². The van der Waals surface area contributed by atoms with E-state index in [0.29, 0.717) is 6.04 Å². The van der Waals surface area contributed by atoms with Crippen LogP contribution in [0.3, 0.4) is 0 Å². The van der Waals surface area contributed by atoms with Gasteiger partial charge in [0.15, 0.2) is 0 Å². The van der Waals surface area contributed by atoms with Gasteiger partial charge in [0.05, 0.1) is 5.54 Å². The van der Waals surface area contributed by atoms with Crippen LogP contribution in [0.25, 0.3) is 0 Å². The van der Waals surface area contributed by atoms with Gasteiger partial charge in [-0.05, 0) is 54.4 Å². The summed E-state index contributed by atoms with van der Waals surface area (Å²) in [6, 6.07) is 18.8. The van der Waals surface area contributed by atoms with Crippen molar-refractivity contribution in [3.05, 3.63) is 70.8 Å². The van der Waals surface area contributed by atoms with Crippen molar-refractivity contribution >= 4 is 0 Å². The average molecular weight is 275 g/mol. The summed E-state index contributed by atoms with van der Waals surface area (Å²) in [5, 5.41) is 0. The minimum Gasteiger partial charge on any atom is -0.282 e. The molecule has 3 aliphatic rings. The molecule has 0 radical (unpaired) electrons. The van der Waals surface area contributed by atoms with Crippen molar-refractivity contribution in [1.82, 2.24) is 4.90 Å². The monoisotopic (exact) mass is 275 g/mol. The van der Waals surface area contributed by atoms with E-state index in [4.69, 9.17) is 0 Å². The molecule has 2 heterocycles. The van der Waals surface area contributed by atoms with E-state index in [1.54, 1.807) is 16.7 Å². The van der Waals surface area contributed by atoms with Crippen molar-refractivity contribution in [1.29, 1.82) is 0 Å². The molecule has 1 heteroatoms. The van der Waals surface area contributed by atoms with Crippen LogP contribution in [0.4, 0.5) is 0 Å². The molecule has 0 unspecified atom stereocenters. The normalized spacial score (nSPS) is 30.0. The summed E-state index contributed by atoms with van der Waals surface area (Å²) >= 11 is 0. The Balaban J connectivity index is 1.75. The summed E-state index contributed by atoms with van der Waals surface area (Å²) in [5.74, 6) is 0.936. The maximum Gasteiger partial charge on any atom is 0.0698 e. The van der Waals surface area contributed by atoms with Crippen LogP contribution in [0.5, 0.6) is 0 Å². The third-order valence-corrected chi connectivity index (χ3v) is 5.90. The van der Waals surface area contributed by atoms with Crippen molar-refractivity contribution in [2.45, 2.75) is 37.8 Å². The SMILES string of the molecule is C[C@]12c3ccccc3C[C@H](c3ccccc31)N2CC1CC1. The van der Waals surface area contributed by atoms with Gasteiger partial charge in [0.25, 0.3) is 0 Å². The van der Waals surface area contributed by atoms with Crippen LogP contribution in [0.15, 0.2) is 48.5 Å². The third-order valence-electron chi connectivity index (χ3n) is 5.90. The fourth-order valence-corrected chi connectivity index (χ4v) is 4.66. The van der Waals surface area contributed by atoms with E-state index in [9.17, 15) is 0 Å². The topological polar surface area (TPSA) is 3.24 Å². The molecule has 0 spiro atoms. The zero-order chi connectivity index (χ0) is 14.0. The molecule has 0 amide bonds. The zero-order valence-electron chi connectivity index (χ0n) is 12.5. The first-order chi connectivity index (χ1) is 10.3. The summed E-state index contributed by atoms with van der Waals surface area (Å²) in [7, 11) is 0. The van der Waals surface area contributed by atoms with Gasteiger partial charge in [-0.2, -0.15) is 0 Å². The van der Waals surface area contributed by atoms with Crippen LogP contribution in [0, 0.1) is 5.92 Å². The molecule has 21 heavy (non-hydrogen) atoms. The van der Waals surface area contributed by atoms with Gasteiger partial charge < -0.3 is 0 Å². The van der Waals surface area contributed by atoms with Crippen molar-refractivity contribution in [3.8, 4) is 0 Å². The van der Waals surface area contributed by atoms with Crippen LogP contribution >= 0.6 is 0 Å². The highest BCUT2D eigenvalue weighted by Crippen LogP contribution is 2.56. The lowest BCUT2D eigenvalue weighted by Crippen LogP contribution is -2.46. The second-order valence-electron chi connectivity index (χ2n) is 7.13. The molecule has 2 aliphatic heterocycles. The maximum atomic E-state index is 2.80. The van der Waals surface area contributed by atoms with Gasteiger partial charge >= 0.3 is 0 Å². The molecule has 0 saturated heterocycles. The van der Waals surface area contributed by atoms with Gasteiger partial charge in [-0.1, -0.05) is 48.5 Å². The molecule has 2 bridgehead atoms. The predicted molar refractivity (Wildman–Crippen MR) is 85.2 cm³/mol. The van der Waals surface area contributed by atoms with E-state index >= 15 is 0 Å². The lowest BCUT2D eigenvalue weighted by molar-refractivity contribution is 0.0895. The van der Waals surface area contributed by atoms with E-state index in [-0.39, 0.29) is 5.54 Å². The fourth-order valence-electron chi connectivity index (χ4n) is 4.66. The molecular weight excluding hydrogens is 254 g/mol. The highest BCUT2D eigenvalue weighted by Gasteiger charge is 2.52. The molecule has 1 nitrogen and oxygen atoms in total. The number of hydrogen-bond donors (Lipinski definition) is 0. The minimum atomic E-state index is 0.0820. The molecule has 1 aliphatic carbocycles. The summed E-state index contributed by atoms with van der Waals surface area (Å²) < 4.78 is 0. The summed E-state index contributed by atoms with van der Waals surface area (Å²) in [4.78, 5) is 2.80. The summed E-state index contributed by atoms with van der Waals surface area (Å²) in [6.45, 7) is 3.72. The summed E-state index contributed by atoms with van der Waals surface area (Å²) in [6.07, 6.45) is 4.03. The Kier molecular flexibility index (Phi) is 2.27. The van der Waals surface area contributed by atoms with E-state index in [0.717, 1.165) is 5.92 Å². The molecule has 2 atom stereocenters. The number of fused-ring (bicyclic) bond motifs is 7.